The van der Waals surface area contributed by atoms with Gasteiger partial charge >= 0.3 is 0 Å². The van der Waals surface area contributed by atoms with Gasteiger partial charge in [0.15, 0.2) is 11.8 Å². The Morgan fingerprint density at radius 1 is 1.31 bits per heavy atom. The van der Waals surface area contributed by atoms with Crippen molar-refractivity contribution in [2.24, 2.45) is 12.0 Å². The van der Waals surface area contributed by atoms with Crippen LogP contribution in [0.4, 0.5) is 0 Å². The molecule has 3 N–H and O–H groups in total. The summed E-state index contributed by atoms with van der Waals surface area (Å²) < 4.78 is 1.93. The normalized spacial score (nSPS) is 18.8. The van der Waals surface area contributed by atoms with Crippen LogP contribution in [0, 0.1) is 6.92 Å². The predicted octanol–water partition coefficient (Wildman–Crippen LogP) is 0.772. The summed E-state index contributed by atoms with van der Waals surface area (Å²) in [5.74, 6) is 2.33. The zero-order chi connectivity index (χ0) is 20.6. The Bertz CT molecular complexity index is 791. The van der Waals surface area contributed by atoms with E-state index < -0.39 is 6.10 Å². The zero-order valence-electron chi connectivity index (χ0n) is 17.5. The van der Waals surface area contributed by atoms with E-state index in [9.17, 15) is 5.11 Å². The first kappa shape index (κ1) is 21.2. The van der Waals surface area contributed by atoms with Crippen molar-refractivity contribution in [3.63, 3.8) is 0 Å². The van der Waals surface area contributed by atoms with Crippen LogP contribution in [0.15, 0.2) is 29.5 Å². The molecule has 3 heterocycles. The van der Waals surface area contributed by atoms with Crippen molar-refractivity contribution in [2.45, 2.75) is 45.4 Å². The number of pyridine rings is 1. The fourth-order valence-electron chi connectivity index (χ4n) is 3.57. The summed E-state index contributed by atoms with van der Waals surface area (Å²) in [6.45, 7) is 7.93. The largest absolute Gasteiger partial charge is 0.387 e. The van der Waals surface area contributed by atoms with Gasteiger partial charge in [0.2, 0.25) is 0 Å². The van der Waals surface area contributed by atoms with E-state index in [4.69, 9.17) is 0 Å². The summed E-state index contributed by atoms with van der Waals surface area (Å²) in [4.78, 5) is 11.2. The average Bonchev–Trinajstić information content (AvgIpc) is 3.34. The van der Waals surface area contributed by atoms with Crippen LogP contribution in [0.3, 0.4) is 0 Å². The molecular weight excluding hydrogens is 368 g/mol. The molecule has 3 rings (SSSR count). The number of nitrogens with zero attached hydrogens (tertiary/aromatic N) is 6. The molecule has 158 valence electrons. The lowest BCUT2D eigenvalue weighted by atomic mass is 10.1. The molecule has 2 aromatic rings. The quantitative estimate of drug-likeness (QED) is 0.444. The minimum Gasteiger partial charge on any atom is -0.387 e. The Hall–Kier alpha value is -2.52. The molecule has 2 unspecified atom stereocenters. The van der Waals surface area contributed by atoms with E-state index >= 15 is 0 Å². The highest BCUT2D eigenvalue weighted by molar-refractivity contribution is 5.79. The van der Waals surface area contributed by atoms with Crippen LogP contribution in [0.25, 0.3) is 0 Å². The second-order valence-corrected chi connectivity index (χ2v) is 7.37. The summed E-state index contributed by atoms with van der Waals surface area (Å²) in [6, 6.07) is 4.14. The zero-order valence-corrected chi connectivity index (χ0v) is 17.5. The second kappa shape index (κ2) is 10.3. The minimum absolute atomic E-state index is 0.357. The first-order chi connectivity index (χ1) is 14.1. The van der Waals surface area contributed by atoms with Gasteiger partial charge in [0.25, 0.3) is 0 Å². The molecule has 0 saturated carbocycles. The Morgan fingerprint density at radius 2 is 2.10 bits per heavy atom. The Labute approximate surface area is 172 Å². The van der Waals surface area contributed by atoms with Crippen LogP contribution in [-0.2, 0) is 13.6 Å². The first-order valence-electron chi connectivity index (χ1n) is 10.3. The molecule has 0 amide bonds. The summed E-state index contributed by atoms with van der Waals surface area (Å²) in [6.07, 6.45) is 5.15. The molecular formula is C20H32N8O. The number of aromatic nitrogens is 4. The number of aryl methyl sites for hydroxylation is 1. The van der Waals surface area contributed by atoms with Gasteiger partial charge in [-0.2, -0.15) is 0 Å². The summed E-state index contributed by atoms with van der Waals surface area (Å²) in [7, 11) is 1.94. The number of hydrogen-bond donors (Lipinski definition) is 3. The number of likely N-dealkylation sites (N-methyl/N-ethyl adjacent to an activating group) is 1. The second-order valence-electron chi connectivity index (χ2n) is 7.37. The number of rotatable bonds is 8. The molecule has 0 aliphatic carbocycles. The average molecular weight is 401 g/mol. The topological polar surface area (TPSA) is 103 Å². The van der Waals surface area contributed by atoms with E-state index in [-0.39, 0.29) is 0 Å². The third kappa shape index (κ3) is 5.74. The van der Waals surface area contributed by atoms with Crippen LogP contribution in [-0.4, -0.2) is 67.9 Å². The first-order valence-corrected chi connectivity index (χ1v) is 10.3. The smallest absolute Gasteiger partial charge is 0.191 e. The van der Waals surface area contributed by atoms with Crippen LogP contribution in [0.1, 0.15) is 43.1 Å². The molecule has 1 saturated heterocycles. The Balaban J connectivity index is 1.63. The molecule has 29 heavy (non-hydrogen) atoms. The summed E-state index contributed by atoms with van der Waals surface area (Å²) in [5.41, 5.74) is 0.823. The fraction of sp³-hybridized carbons (Fsp3) is 0.600. The maximum atomic E-state index is 10.5. The number of hydrogen-bond acceptors (Lipinski definition) is 6. The Kier molecular flexibility index (Phi) is 7.54. The third-order valence-corrected chi connectivity index (χ3v) is 5.53. The molecule has 2 atom stereocenters. The maximum Gasteiger partial charge on any atom is 0.191 e. The standard InChI is InChI=1S/C20H32N8O/c1-4-28-11-5-6-17(28)12-22-20(24-14-19-26-25-15(2)27(19)3)23-13-18(29)16-7-9-21-10-8-16/h7-10,17-18,29H,4-6,11-14H2,1-3H3,(H2,22,23,24). The monoisotopic (exact) mass is 400 g/mol. The molecule has 0 aromatic carbocycles. The van der Waals surface area contributed by atoms with Crippen LogP contribution in [0.2, 0.25) is 0 Å². The molecule has 0 radical (unpaired) electrons. The molecule has 9 nitrogen and oxygen atoms in total. The minimum atomic E-state index is -0.638. The molecule has 0 spiro atoms. The number of nitrogens with one attached hydrogen (secondary N) is 2. The number of aliphatic hydroxyl groups excluding tert-OH is 1. The van der Waals surface area contributed by atoms with Crippen molar-refractivity contribution in [3.05, 3.63) is 41.7 Å². The van der Waals surface area contributed by atoms with Gasteiger partial charge in [-0.05, 0) is 50.6 Å². The maximum absolute atomic E-state index is 10.5. The van der Waals surface area contributed by atoms with E-state index in [1.165, 1.54) is 12.8 Å². The highest BCUT2D eigenvalue weighted by atomic mass is 16.3. The lowest BCUT2D eigenvalue weighted by Gasteiger charge is -2.24. The van der Waals surface area contributed by atoms with Gasteiger partial charge in [-0.1, -0.05) is 6.92 Å². The van der Waals surface area contributed by atoms with Gasteiger partial charge in [-0.15, -0.1) is 10.2 Å². The Morgan fingerprint density at radius 3 is 2.79 bits per heavy atom. The van der Waals surface area contributed by atoms with Crippen molar-refractivity contribution >= 4 is 5.96 Å². The number of guanidine groups is 1. The van der Waals surface area contributed by atoms with E-state index in [1.54, 1.807) is 12.4 Å². The van der Waals surface area contributed by atoms with Crippen LogP contribution in [0.5, 0.6) is 0 Å². The number of aliphatic hydroxyl groups is 1. The molecule has 9 heteroatoms. The van der Waals surface area contributed by atoms with Crippen molar-refractivity contribution < 1.29 is 5.11 Å². The highest BCUT2D eigenvalue weighted by Crippen LogP contribution is 2.15. The fourth-order valence-corrected chi connectivity index (χ4v) is 3.57. The summed E-state index contributed by atoms with van der Waals surface area (Å²) in [5, 5.41) is 25.4. The van der Waals surface area contributed by atoms with Crippen molar-refractivity contribution in [2.75, 3.05) is 26.2 Å². The van der Waals surface area contributed by atoms with Gasteiger partial charge in [-0.3, -0.25) is 9.88 Å². The van der Waals surface area contributed by atoms with Crippen LogP contribution >= 0.6 is 0 Å². The van der Waals surface area contributed by atoms with E-state index in [2.05, 4.69) is 42.6 Å². The molecule has 0 bridgehead atoms. The molecule has 1 fully saturated rings. The van der Waals surface area contributed by atoms with Crippen molar-refractivity contribution in [3.8, 4) is 0 Å². The highest BCUT2D eigenvalue weighted by Gasteiger charge is 2.23. The lowest BCUT2D eigenvalue weighted by Crippen LogP contribution is -2.45. The van der Waals surface area contributed by atoms with Crippen LogP contribution < -0.4 is 10.6 Å². The van der Waals surface area contributed by atoms with Gasteiger partial charge in [-0.25, -0.2) is 4.99 Å². The van der Waals surface area contributed by atoms with Gasteiger partial charge in [0, 0.05) is 38.6 Å². The van der Waals surface area contributed by atoms with Gasteiger partial charge < -0.3 is 20.3 Å². The third-order valence-electron chi connectivity index (χ3n) is 5.53. The molecule has 1 aliphatic rings. The van der Waals surface area contributed by atoms with Gasteiger partial charge in [0.05, 0.1) is 6.10 Å². The van der Waals surface area contributed by atoms with Crippen molar-refractivity contribution in [1.82, 2.24) is 35.3 Å². The number of aliphatic imine (C=N–C) groups is 1. The molecule has 1 aliphatic heterocycles. The predicted molar refractivity (Wildman–Crippen MR) is 112 cm³/mol. The van der Waals surface area contributed by atoms with E-state index in [1.807, 2.05) is 30.7 Å². The van der Waals surface area contributed by atoms with Gasteiger partial charge in [0.1, 0.15) is 12.4 Å². The SMILES string of the molecule is CCN1CCCC1CNC(=NCc1nnc(C)n1C)NCC(O)c1ccncc1. The molecule has 2 aromatic heterocycles. The lowest BCUT2D eigenvalue weighted by molar-refractivity contribution is 0.180. The summed E-state index contributed by atoms with van der Waals surface area (Å²) >= 11 is 0. The van der Waals surface area contributed by atoms with E-state index in [0.717, 1.165) is 36.8 Å². The van der Waals surface area contributed by atoms with Crippen molar-refractivity contribution in [1.29, 1.82) is 0 Å². The number of likely N-dealkylation sites (tertiary alicyclic amines) is 1. The van der Waals surface area contributed by atoms with E-state index in [0.29, 0.717) is 25.1 Å².